The standard InChI is InChI=1S/C16H12Cl3NO/c17-11-8-13(19)14(9-12(11)18)20-15(21)16(6-7-16)10-4-2-1-3-5-10/h1-5,8-9H,6-7H2,(H,20,21). The Bertz CT molecular complexity index is 696. The van der Waals surface area contributed by atoms with Crippen molar-refractivity contribution in [2.24, 2.45) is 0 Å². The minimum atomic E-state index is -0.448. The molecule has 0 aromatic heterocycles. The van der Waals surface area contributed by atoms with Crippen molar-refractivity contribution in [2.45, 2.75) is 18.3 Å². The first-order valence-electron chi connectivity index (χ1n) is 6.54. The molecule has 2 nitrogen and oxygen atoms in total. The monoisotopic (exact) mass is 339 g/mol. The van der Waals surface area contributed by atoms with E-state index in [1.165, 1.54) is 6.07 Å². The first-order valence-corrected chi connectivity index (χ1v) is 7.68. The third-order valence-corrected chi connectivity index (χ3v) is 4.80. The molecule has 0 unspecified atom stereocenters. The van der Waals surface area contributed by atoms with Gasteiger partial charge in [-0.3, -0.25) is 4.79 Å². The Morgan fingerprint density at radius 3 is 2.19 bits per heavy atom. The molecule has 3 rings (SSSR count). The molecule has 2 aromatic carbocycles. The van der Waals surface area contributed by atoms with E-state index < -0.39 is 5.41 Å². The lowest BCUT2D eigenvalue weighted by Crippen LogP contribution is -2.27. The van der Waals surface area contributed by atoms with Crippen molar-refractivity contribution >= 4 is 46.4 Å². The average Bonchev–Trinajstić information content (AvgIpc) is 3.27. The maximum absolute atomic E-state index is 12.6. The van der Waals surface area contributed by atoms with Crippen LogP contribution in [0.5, 0.6) is 0 Å². The average molecular weight is 341 g/mol. The zero-order valence-electron chi connectivity index (χ0n) is 11.0. The summed E-state index contributed by atoms with van der Waals surface area (Å²) in [7, 11) is 0. The smallest absolute Gasteiger partial charge is 0.235 e. The number of amides is 1. The Balaban J connectivity index is 1.86. The highest BCUT2D eigenvalue weighted by Crippen LogP contribution is 2.49. The predicted octanol–water partition coefficient (Wildman–Crippen LogP) is 5.32. The van der Waals surface area contributed by atoms with E-state index in [0.717, 1.165) is 18.4 Å². The van der Waals surface area contributed by atoms with Crippen LogP contribution in [0.15, 0.2) is 42.5 Å². The molecule has 5 heteroatoms. The molecule has 0 heterocycles. The number of rotatable bonds is 3. The molecule has 0 aliphatic heterocycles. The van der Waals surface area contributed by atoms with Crippen molar-refractivity contribution in [3.63, 3.8) is 0 Å². The molecule has 1 fully saturated rings. The fourth-order valence-corrected chi connectivity index (χ4v) is 2.98. The van der Waals surface area contributed by atoms with Crippen molar-refractivity contribution in [1.29, 1.82) is 0 Å². The molecule has 0 radical (unpaired) electrons. The molecule has 1 saturated carbocycles. The summed E-state index contributed by atoms with van der Waals surface area (Å²) in [6, 6.07) is 12.9. The SMILES string of the molecule is O=C(Nc1cc(Cl)c(Cl)cc1Cl)C1(c2ccccc2)CC1. The molecule has 1 amide bonds. The van der Waals surface area contributed by atoms with Crippen LogP contribution in [-0.4, -0.2) is 5.91 Å². The predicted molar refractivity (Wildman–Crippen MR) is 87.5 cm³/mol. The zero-order valence-corrected chi connectivity index (χ0v) is 13.3. The first kappa shape index (κ1) is 14.7. The van der Waals surface area contributed by atoms with E-state index in [-0.39, 0.29) is 5.91 Å². The van der Waals surface area contributed by atoms with Gasteiger partial charge in [-0.2, -0.15) is 0 Å². The topological polar surface area (TPSA) is 29.1 Å². The molecule has 1 aliphatic rings. The lowest BCUT2D eigenvalue weighted by molar-refractivity contribution is -0.118. The van der Waals surface area contributed by atoms with Gasteiger partial charge in [-0.1, -0.05) is 65.1 Å². The molecule has 21 heavy (non-hydrogen) atoms. The fourth-order valence-electron chi connectivity index (χ4n) is 2.39. The van der Waals surface area contributed by atoms with Gasteiger partial charge in [0.05, 0.1) is 26.2 Å². The molecule has 108 valence electrons. The third-order valence-electron chi connectivity index (χ3n) is 3.77. The molecule has 1 N–H and O–H groups in total. The lowest BCUT2D eigenvalue weighted by Gasteiger charge is -2.16. The van der Waals surface area contributed by atoms with E-state index in [1.54, 1.807) is 6.07 Å². The molecule has 0 saturated heterocycles. The van der Waals surface area contributed by atoms with E-state index in [1.807, 2.05) is 30.3 Å². The van der Waals surface area contributed by atoms with E-state index in [9.17, 15) is 4.79 Å². The number of hydrogen-bond acceptors (Lipinski definition) is 1. The minimum Gasteiger partial charge on any atom is -0.324 e. The van der Waals surface area contributed by atoms with E-state index in [2.05, 4.69) is 5.32 Å². The summed E-state index contributed by atoms with van der Waals surface area (Å²) in [6.07, 6.45) is 1.67. The fraction of sp³-hybridized carbons (Fsp3) is 0.188. The van der Waals surface area contributed by atoms with Gasteiger partial charge in [0.25, 0.3) is 0 Å². The van der Waals surface area contributed by atoms with Crippen LogP contribution in [0, 0.1) is 0 Å². The van der Waals surface area contributed by atoms with Crippen molar-refractivity contribution in [2.75, 3.05) is 5.32 Å². The Morgan fingerprint density at radius 1 is 0.952 bits per heavy atom. The van der Waals surface area contributed by atoms with E-state index in [4.69, 9.17) is 34.8 Å². The summed E-state index contributed by atoms with van der Waals surface area (Å²) in [5.74, 6) is -0.0611. The number of benzene rings is 2. The van der Waals surface area contributed by atoms with Gasteiger partial charge in [-0.25, -0.2) is 0 Å². The summed E-state index contributed by atoms with van der Waals surface area (Å²) in [5, 5.41) is 3.97. The van der Waals surface area contributed by atoms with Gasteiger partial charge >= 0.3 is 0 Å². The number of anilines is 1. The van der Waals surface area contributed by atoms with Crippen LogP contribution in [0.25, 0.3) is 0 Å². The number of hydrogen-bond donors (Lipinski definition) is 1. The summed E-state index contributed by atoms with van der Waals surface area (Å²) in [4.78, 5) is 12.6. The second kappa shape index (κ2) is 5.53. The Labute approximate surface area is 138 Å². The molecular formula is C16H12Cl3NO. The van der Waals surface area contributed by atoms with Gasteiger partial charge < -0.3 is 5.32 Å². The van der Waals surface area contributed by atoms with Crippen molar-refractivity contribution in [1.82, 2.24) is 0 Å². The quantitative estimate of drug-likeness (QED) is 0.753. The molecule has 0 atom stereocenters. The maximum atomic E-state index is 12.6. The zero-order chi connectivity index (χ0) is 15.0. The van der Waals surface area contributed by atoms with Crippen molar-refractivity contribution < 1.29 is 4.79 Å². The number of carbonyl (C=O) groups excluding carboxylic acids is 1. The molecule has 1 aliphatic carbocycles. The maximum Gasteiger partial charge on any atom is 0.235 e. The van der Waals surface area contributed by atoms with Gasteiger partial charge in [0, 0.05) is 0 Å². The highest BCUT2D eigenvalue weighted by atomic mass is 35.5. The van der Waals surface area contributed by atoms with Crippen LogP contribution in [0.4, 0.5) is 5.69 Å². The van der Waals surface area contributed by atoms with Crippen LogP contribution in [0.2, 0.25) is 15.1 Å². The van der Waals surface area contributed by atoms with Crippen molar-refractivity contribution in [3.8, 4) is 0 Å². The summed E-state index contributed by atoms with van der Waals surface area (Å²) < 4.78 is 0. The van der Waals surface area contributed by atoms with Crippen LogP contribution in [0.3, 0.4) is 0 Å². The summed E-state index contributed by atoms with van der Waals surface area (Å²) in [5.41, 5.74) is 1.06. The molecule has 2 aromatic rings. The number of nitrogens with one attached hydrogen (secondary N) is 1. The second-order valence-corrected chi connectivity index (χ2v) is 6.37. The van der Waals surface area contributed by atoms with Gasteiger partial charge in [0.15, 0.2) is 0 Å². The lowest BCUT2D eigenvalue weighted by atomic mass is 9.95. The largest absolute Gasteiger partial charge is 0.324 e. The summed E-state index contributed by atoms with van der Waals surface area (Å²) >= 11 is 18.0. The number of halogens is 3. The van der Waals surface area contributed by atoms with Gasteiger partial charge in [-0.05, 0) is 30.5 Å². The van der Waals surface area contributed by atoms with Crippen LogP contribution < -0.4 is 5.32 Å². The van der Waals surface area contributed by atoms with Gasteiger partial charge in [0.1, 0.15) is 0 Å². The minimum absolute atomic E-state index is 0.0611. The first-order chi connectivity index (χ1) is 10.0. The molecular weight excluding hydrogens is 329 g/mol. The van der Waals surface area contributed by atoms with Crippen LogP contribution >= 0.6 is 34.8 Å². The highest BCUT2D eigenvalue weighted by molar-refractivity contribution is 6.44. The number of carbonyl (C=O) groups is 1. The highest BCUT2D eigenvalue weighted by Gasteiger charge is 2.51. The summed E-state index contributed by atoms with van der Waals surface area (Å²) in [6.45, 7) is 0. The Kier molecular flexibility index (Phi) is 3.87. The van der Waals surface area contributed by atoms with Crippen LogP contribution in [0.1, 0.15) is 18.4 Å². The van der Waals surface area contributed by atoms with Gasteiger partial charge in [0.2, 0.25) is 5.91 Å². The second-order valence-electron chi connectivity index (χ2n) is 5.15. The molecule has 0 spiro atoms. The van der Waals surface area contributed by atoms with Crippen LogP contribution in [-0.2, 0) is 10.2 Å². The van der Waals surface area contributed by atoms with Gasteiger partial charge in [-0.15, -0.1) is 0 Å². The van der Waals surface area contributed by atoms with E-state index in [0.29, 0.717) is 20.8 Å². The Hall–Kier alpha value is -1.22. The normalized spacial score (nSPS) is 15.6. The Morgan fingerprint density at radius 2 is 1.57 bits per heavy atom. The van der Waals surface area contributed by atoms with Crippen molar-refractivity contribution in [3.05, 3.63) is 63.1 Å². The molecule has 0 bridgehead atoms. The third kappa shape index (κ3) is 2.76. The van der Waals surface area contributed by atoms with E-state index >= 15 is 0 Å².